The molecule has 0 aliphatic carbocycles. The van der Waals surface area contributed by atoms with Gasteiger partial charge in [0.1, 0.15) is 13.8 Å². The van der Waals surface area contributed by atoms with Crippen molar-refractivity contribution in [1.29, 1.82) is 0 Å². The summed E-state index contributed by atoms with van der Waals surface area (Å²) in [6.45, 7) is 3.99. The molecule has 0 aliphatic heterocycles. The first-order valence-electron chi connectivity index (χ1n) is 2.50. The van der Waals surface area contributed by atoms with Crippen LogP contribution in [-0.2, 0) is 0 Å². The summed E-state index contributed by atoms with van der Waals surface area (Å²) < 4.78 is 60.8. The molecule has 12 heavy (non-hydrogen) atoms. The van der Waals surface area contributed by atoms with Crippen molar-refractivity contribution in [1.82, 2.24) is 0 Å². The predicted octanol–water partition coefficient (Wildman–Crippen LogP) is 2.63. The van der Waals surface area contributed by atoms with E-state index in [1.54, 1.807) is 4.58 Å². The van der Waals surface area contributed by atoms with Gasteiger partial charge >= 0.3 is 33.0 Å². The third-order valence-corrected chi connectivity index (χ3v) is 0.312. The topological polar surface area (TPSA) is 29.0 Å². The molecule has 0 aromatic rings. The van der Waals surface area contributed by atoms with Crippen molar-refractivity contribution in [3.05, 3.63) is 0 Å². The van der Waals surface area contributed by atoms with Crippen LogP contribution in [0.5, 0.6) is 0 Å². The Bertz CT molecular complexity index is 154. The summed E-state index contributed by atoms with van der Waals surface area (Å²) in [5, 5.41) is 0. The van der Waals surface area contributed by atoms with Crippen LogP contribution < -0.4 is 5.73 Å². The maximum atomic E-state index is 9.87. The van der Waals surface area contributed by atoms with Crippen molar-refractivity contribution >= 4 is 14.5 Å². The zero-order valence-corrected chi connectivity index (χ0v) is 7.05. The van der Waals surface area contributed by atoms with E-state index in [1.165, 1.54) is 0 Å². The van der Waals surface area contributed by atoms with Crippen LogP contribution in [-0.4, -0.2) is 25.0 Å². The summed E-state index contributed by atoms with van der Waals surface area (Å²) in [5.41, 5.74) is 5.03. The van der Waals surface area contributed by atoms with Gasteiger partial charge in [0.2, 0.25) is 0 Å². The average molecular weight is 218 g/mol. The molecule has 0 aromatic carbocycles. The van der Waals surface area contributed by atoms with Crippen LogP contribution in [0.3, 0.4) is 0 Å². The second-order valence-corrected chi connectivity index (χ2v) is 3.91. The summed E-state index contributed by atoms with van der Waals surface area (Å²) in [6, 6.07) is 0. The van der Waals surface area contributed by atoms with Crippen LogP contribution in [0.25, 0.3) is 0 Å². The van der Waals surface area contributed by atoms with Gasteiger partial charge in [-0.25, -0.2) is 4.58 Å². The molecule has 0 heterocycles. The van der Waals surface area contributed by atoms with Gasteiger partial charge in [-0.1, -0.05) is 0 Å². The zero-order chi connectivity index (χ0) is 10.7. The first-order chi connectivity index (χ1) is 4.72. The summed E-state index contributed by atoms with van der Waals surface area (Å²) in [5.74, 6) is 0. The molecule has 0 saturated heterocycles. The average Bonchev–Trinajstić information content (AvgIpc) is 1.56. The SMILES string of the molecule is C=[N+](C)CN.F[P-](F)(F)(F)(F)F. The van der Waals surface area contributed by atoms with Gasteiger partial charge in [0.15, 0.2) is 6.67 Å². The van der Waals surface area contributed by atoms with Gasteiger partial charge < -0.3 is 0 Å². The fraction of sp³-hybridized carbons (Fsp3) is 0.667. The van der Waals surface area contributed by atoms with Crippen LogP contribution in [0.4, 0.5) is 25.2 Å². The molecule has 0 amide bonds. The summed E-state index contributed by atoms with van der Waals surface area (Å²) in [6.07, 6.45) is 0. The van der Waals surface area contributed by atoms with Crippen molar-refractivity contribution in [2.75, 3.05) is 13.7 Å². The molecule has 0 saturated carbocycles. The minimum absolute atomic E-state index is 0.528. The van der Waals surface area contributed by atoms with Crippen molar-refractivity contribution < 1.29 is 29.8 Å². The third-order valence-electron chi connectivity index (χ3n) is 0.312. The molecular weight excluding hydrogens is 209 g/mol. The van der Waals surface area contributed by atoms with E-state index in [0.29, 0.717) is 6.67 Å². The van der Waals surface area contributed by atoms with Gasteiger partial charge in [-0.15, -0.1) is 0 Å². The predicted molar refractivity (Wildman–Crippen MR) is 35.9 cm³/mol. The third kappa shape index (κ3) is 268. The van der Waals surface area contributed by atoms with Crippen LogP contribution in [0.15, 0.2) is 0 Å². The molecule has 0 radical (unpaired) electrons. The molecule has 0 aromatic heterocycles. The van der Waals surface area contributed by atoms with E-state index < -0.39 is 7.81 Å². The van der Waals surface area contributed by atoms with E-state index in [0.717, 1.165) is 0 Å². The zero-order valence-electron chi connectivity index (χ0n) is 6.15. The maximum absolute atomic E-state index is 10.7. The normalized spacial score (nSPS) is 16.7. The first kappa shape index (κ1) is 14.2. The second kappa shape index (κ2) is 2.85. The van der Waals surface area contributed by atoms with Gasteiger partial charge in [-0.3, -0.25) is 5.73 Å². The summed E-state index contributed by atoms with van der Waals surface area (Å²) >= 11 is 0. The Morgan fingerprint density at radius 1 is 1.17 bits per heavy atom. The molecule has 9 heteroatoms. The fourth-order valence-corrected chi connectivity index (χ4v) is 0. The number of nitrogens with two attached hydrogens (primary N) is 1. The quantitative estimate of drug-likeness (QED) is 0.237. The van der Waals surface area contributed by atoms with Crippen LogP contribution in [0, 0.1) is 0 Å². The van der Waals surface area contributed by atoms with Crippen LogP contribution in [0.1, 0.15) is 0 Å². The number of hydrogen-bond donors (Lipinski definition) is 1. The molecule has 78 valence electrons. The van der Waals surface area contributed by atoms with Crippen molar-refractivity contribution in [2.45, 2.75) is 0 Å². The van der Waals surface area contributed by atoms with Crippen LogP contribution in [0.2, 0.25) is 0 Å². The molecule has 0 rings (SSSR count). The standard InChI is InChI=1S/C3H9N2.F6P/c1-5(2)3-4;1-7(2,3,4,5)6/h1,3-4H2,2H3;/q+1;-1. The van der Waals surface area contributed by atoms with E-state index in [1.807, 2.05) is 7.05 Å². The Hall–Kier alpha value is -0.360. The summed E-state index contributed by atoms with van der Waals surface area (Å²) in [4.78, 5) is 0. The van der Waals surface area contributed by atoms with Gasteiger partial charge in [0.05, 0.1) is 0 Å². The Labute approximate surface area is 64.9 Å². The molecule has 2 N–H and O–H groups in total. The molecule has 0 spiro atoms. The molecule has 0 bridgehead atoms. The van der Waals surface area contributed by atoms with Gasteiger partial charge in [0, 0.05) is 0 Å². The molecule has 0 unspecified atom stereocenters. The van der Waals surface area contributed by atoms with Gasteiger partial charge in [-0.05, 0) is 0 Å². The second-order valence-electron chi connectivity index (χ2n) is 2.00. The van der Waals surface area contributed by atoms with Gasteiger partial charge in [-0.2, -0.15) is 0 Å². The van der Waals surface area contributed by atoms with E-state index >= 15 is 0 Å². The van der Waals surface area contributed by atoms with E-state index in [4.69, 9.17) is 5.73 Å². The molecule has 0 fully saturated rings. The Morgan fingerprint density at radius 2 is 1.25 bits per heavy atom. The minimum atomic E-state index is -10.7. The first-order valence-corrected chi connectivity index (χ1v) is 4.53. The number of hydrogen-bond acceptors (Lipinski definition) is 1. The van der Waals surface area contributed by atoms with E-state index in [9.17, 15) is 25.2 Å². The van der Waals surface area contributed by atoms with E-state index in [-0.39, 0.29) is 0 Å². The van der Waals surface area contributed by atoms with Crippen molar-refractivity contribution in [3.63, 3.8) is 0 Å². The Kier molecular flexibility index (Phi) is 3.36. The van der Waals surface area contributed by atoms with E-state index in [2.05, 4.69) is 6.72 Å². The molecule has 0 aliphatic rings. The van der Waals surface area contributed by atoms with Gasteiger partial charge in [0.25, 0.3) is 0 Å². The van der Waals surface area contributed by atoms with Crippen molar-refractivity contribution in [3.8, 4) is 0 Å². The Morgan fingerprint density at radius 3 is 1.25 bits per heavy atom. The molecule has 2 nitrogen and oxygen atoms in total. The Balaban J connectivity index is 0. The number of nitrogens with zero attached hydrogens (tertiary/aromatic N) is 1. The van der Waals surface area contributed by atoms with Crippen molar-refractivity contribution in [2.24, 2.45) is 5.73 Å². The summed E-state index contributed by atoms with van der Waals surface area (Å²) in [7, 11) is -8.84. The fourth-order valence-electron chi connectivity index (χ4n) is 0. The monoisotopic (exact) mass is 218 g/mol. The number of rotatable bonds is 1. The molecule has 0 atom stereocenters. The number of halogens is 6. The molecular formula is C3H9F6N2P. The van der Waals surface area contributed by atoms with Crippen LogP contribution >= 0.6 is 7.81 Å².